The third-order valence-electron chi connectivity index (χ3n) is 8.44. The number of ether oxygens (including phenoxy) is 2. The number of benzene rings is 4. The van der Waals surface area contributed by atoms with Crippen LogP contribution >= 0.6 is 0 Å². The van der Waals surface area contributed by atoms with Gasteiger partial charge in [0, 0.05) is 40.9 Å². The van der Waals surface area contributed by atoms with E-state index in [0.29, 0.717) is 52.0 Å². The van der Waals surface area contributed by atoms with Crippen LogP contribution < -0.4 is 10.6 Å². The van der Waals surface area contributed by atoms with Crippen molar-refractivity contribution in [2.75, 3.05) is 17.2 Å². The van der Waals surface area contributed by atoms with Gasteiger partial charge in [-0.15, -0.1) is 0 Å². The third kappa shape index (κ3) is 6.93. The minimum Gasteiger partial charge on any atom is -0.462 e. The van der Waals surface area contributed by atoms with Crippen molar-refractivity contribution in [1.29, 1.82) is 0 Å². The summed E-state index contributed by atoms with van der Waals surface area (Å²) in [6, 6.07) is 18.5. The van der Waals surface area contributed by atoms with Crippen LogP contribution in [0.4, 0.5) is 22.7 Å². The number of ketones is 2. The van der Waals surface area contributed by atoms with Crippen molar-refractivity contribution < 1.29 is 28.7 Å². The number of carbonyl (C=O) groups is 4. The van der Waals surface area contributed by atoms with Crippen LogP contribution in [0.2, 0.25) is 0 Å². The van der Waals surface area contributed by atoms with E-state index in [4.69, 9.17) is 9.47 Å². The van der Waals surface area contributed by atoms with Gasteiger partial charge in [0.25, 0.3) is 0 Å². The second kappa shape index (κ2) is 14.1. The zero-order valence-corrected chi connectivity index (χ0v) is 28.3. The Morgan fingerprint density at radius 1 is 0.708 bits per heavy atom. The maximum Gasteiger partial charge on any atom is 0.333 e. The molecule has 0 amide bonds. The monoisotopic (exact) mass is 644 g/mol. The Balaban J connectivity index is 1.51. The second-order valence-electron chi connectivity index (χ2n) is 12.3. The van der Waals surface area contributed by atoms with E-state index in [1.807, 2.05) is 64.1 Å². The van der Waals surface area contributed by atoms with Gasteiger partial charge in [0.15, 0.2) is 11.6 Å². The first-order valence-corrected chi connectivity index (χ1v) is 16.0. The zero-order chi connectivity index (χ0) is 34.7. The highest BCUT2D eigenvalue weighted by atomic mass is 16.5. The van der Waals surface area contributed by atoms with Crippen LogP contribution in [0.5, 0.6) is 0 Å². The lowest BCUT2D eigenvalue weighted by molar-refractivity contribution is -0.144. The topological polar surface area (TPSA) is 111 Å². The molecule has 4 aromatic rings. The maximum absolute atomic E-state index is 14.1. The molecule has 246 valence electrons. The molecule has 0 unspecified atom stereocenters. The highest BCUT2D eigenvalue weighted by Gasteiger charge is 2.34. The Bertz CT molecular complexity index is 1940. The van der Waals surface area contributed by atoms with Crippen LogP contribution in [-0.4, -0.2) is 30.1 Å². The van der Waals surface area contributed by atoms with Gasteiger partial charge in [-0.3, -0.25) is 14.4 Å². The van der Waals surface area contributed by atoms with E-state index in [9.17, 15) is 19.2 Å². The van der Waals surface area contributed by atoms with Gasteiger partial charge in [-0.05, 0) is 80.1 Å². The predicted octanol–water partition coefficient (Wildman–Crippen LogP) is 8.30. The molecule has 8 heteroatoms. The Hall–Kier alpha value is -5.50. The summed E-state index contributed by atoms with van der Waals surface area (Å²) in [6.07, 6.45) is 0.854. The molecule has 1 aliphatic carbocycles. The van der Waals surface area contributed by atoms with Crippen LogP contribution in [0.25, 0.3) is 0 Å². The number of fused-ring (bicyclic) bond motifs is 2. The summed E-state index contributed by atoms with van der Waals surface area (Å²) in [4.78, 5) is 51.8. The second-order valence-corrected chi connectivity index (χ2v) is 12.3. The highest BCUT2D eigenvalue weighted by molar-refractivity contribution is 6.32. The van der Waals surface area contributed by atoms with Crippen molar-refractivity contribution in [2.24, 2.45) is 0 Å². The molecule has 4 aromatic carbocycles. The molecule has 8 nitrogen and oxygen atoms in total. The molecule has 0 heterocycles. The van der Waals surface area contributed by atoms with Gasteiger partial charge in [-0.1, -0.05) is 62.0 Å². The summed E-state index contributed by atoms with van der Waals surface area (Å²) in [6.45, 7) is 15.3. The standard InChI is InChI=1S/C40H40N2O6/c1-8-33(43)48-21-28-19-25(6)37(26(7)20-28)42-32-14-13-31(34-35(32)39(45)30-12-10-9-11-29(30)38(34)44)41-36-23(4)17-27(18-24(36)5)15-16-47-40(46)22(2)3/h9-14,17-20,41-42H,2,8,15-16,21H2,1,3-7H3. The fourth-order valence-electron chi connectivity index (χ4n) is 6.08. The molecule has 0 saturated heterocycles. The minimum atomic E-state index is -0.415. The molecule has 0 aliphatic heterocycles. The largest absolute Gasteiger partial charge is 0.462 e. The molecule has 0 spiro atoms. The van der Waals surface area contributed by atoms with Gasteiger partial charge in [0.1, 0.15) is 6.61 Å². The van der Waals surface area contributed by atoms with Crippen LogP contribution in [0.3, 0.4) is 0 Å². The highest BCUT2D eigenvalue weighted by Crippen LogP contribution is 2.40. The maximum atomic E-state index is 14.1. The van der Waals surface area contributed by atoms with Gasteiger partial charge < -0.3 is 20.1 Å². The molecule has 0 atom stereocenters. The summed E-state index contributed by atoms with van der Waals surface area (Å²) in [5.41, 5.74) is 9.93. The third-order valence-corrected chi connectivity index (χ3v) is 8.44. The molecule has 2 N–H and O–H groups in total. The molecule has 0 bridgehead atoms. The molecular formula is C40H40N2O6. The number of esters is 2. The summed E-state index contributed by atoms with van der Waals surface area (Å²) >= 11 is 0. The first kappa shape index (κ1) is 33.9. The lowest BCUT2D eigenvalue weighted by Crippen LogP contribution is -2.23. The fourth-order valence-corrected chi connectivity index (χ4v) is 6.08. The van der Waals surface area contributed by atoms with Gasteiger partial charge in [-0.2, -0.15) is 0 Å². The molecule has 0 radical (unpaired) electrons. The van der Waals surface area contributed by atoms with Gasteiger partial charge in [-0.25, -0.2) is 4.79 Å². The van der Waals surface area contributed by atoms with Crippen molar-refractivity contribution in [1.82, 2.24) is 0 Å². The lowest BCUT2D eigenvalue weighted by atomic mass is 9.82. The van der Waals surface area contributed by atoms with E-state index < -0.39 is 5.97 Å². The number of carbonyl (C=O) groups excluding carboxylic acids is 4. The molecular weight excluding hydrogens is 604 g/mol. The smallest absolute Gasteiger partial charge is 0.333 e. The van der Waals surface area contributed by atoms with Crippen molar-refractivity contribution in [3.63, 3.8) is 0 Å². The Kier molecular flexibility index (Phi) is 9.94. The minimum absolute atomic E-state index is 0.177. The fraction of sp³-hybridized carbons (Fsp3) is 0.250. The number of hydrogen-bond donors (Lipinski definition) is 2. The molecule has 1 aliphatic rings. The zero-order valence-electron chi connectivity index (χ0n) is 28.3. The van der Waals surface area contributed by atoms with Crippen molar-refractivity contribution in [2.45, 2.75) is 61.0 Å². The van der Waals surface area contributed by atoms with Crippen LogP contribution in [0.15, 0.2) is 72.8 Å². The molecule has 48 heavy (non-hydrogen) atoms. The number of nitrogens with one attached hydrogen (secondary N) is 2. The number of aryl methyl sites for hydroxylation is 4. The summed E-state index contributed by atoms with van der Waals surface area (Å²) in [7, 11) is 0. The van der Waals surface area contributed by atoms with Crippen molar-refractivity contribution in [3.8, 4) is 0 Å². The molecule has 0 aromatic heterocycles. The molecule has 0 saturated carbocycles. The van der Waals surface area contributed by atoms with E-state index in [1.54, 1.807) is 38.1 Å². The average Bonchev–Trinajstić information content (AvgIpc) is 3.05. The number of rotatable bonds is 11. The predicted molar refractivity (Wildman–Crippen MR) is 188 cm³/mol. The van der Waals surface area contributed by atoms with Crippen LogP contribution in [0.1, 0.15) is 85.5 Å². The van der Waals surface area contributed by atoms with E-state index in [2.05, 4.69) is 17.2 Å². The SMILES string of the molecule is C=C(C)C(=O)OCCc1cc(C)c(Nc2ccc(Nc3c(C)cc(COC(=O)CC)cc3C)c3c2C(=O)c2ccccc2C3=O)c(C)c1. The average molecular weight is 645 g/mol. The van der Waals surface area contributed by atoms with Gasteiger partial charge in [0.2, 0.25) is 0 Å². The van der Waals surface area contributed by atoms with Gasteiger partial charge >= 0.3 is 11.9 Å². The Morgan fingerprint density at radius 2 is 1.17 bits per heavy atom. The quantitative estimate of drug-likeness (QED) is 0.109. The summed E-state index contributed by atoms with van der Waals surface area (Å²) < 4.78 is 10.6. The number of hydrogen-bond acceptors (Lipinski definition) is 8. The van der Waals surface area contributed by atoms with Crippen LogP contribution in [-0.2, 0) is 32.1 Å². The van der Waals surface area contributed by atoms with Crippen molar-refractivity contribution >= 4 is 46.3 Å². The Labute approximate surface area is 281 Å². The van der Waals surface area contributed by atoms with E-state index >= 15 is 0 Å². The Morgan fingerprint density at radius 3 is 1.60 bits per heavy atom. The number of anilines is 4. The van der Waals surface area contributed by atoms with E-state index in [0.717, 1.165) is 44.8 Å². The normalized spacial score (nSPS) is 11.8. The van der Waals surface area contributed by atoms with Gasteiger partial charge in [0.05, 0.1) is 29.1 Å². The molecule has 0 fully saturated rings. The lowest BCUT2D eigenvalue weighted by Gasteiger charge is -2.25. The summed E-state index contributed by atoms with van der Waals surface area (Å²) in [5, 5.41) is 6.94. The molecule has 5 rings (SSSR count). The van der Waals surface area contributed by atoms with Crippen LogP contribution in [0, 0.1) is 27.7 Å². The summed E-state index contributed by atoms with van der Waals surface area (Å²) in [5.74, 6) is -1.15. The van der Waals surface area contributed by atoms with E-state index in [1.165, 1.54) is 0 Å². The first-order valence-electron chi connectivity index (χ1n) is 16.0. The van der Waals surface area contributed by atoms with E-state index in [-0.39, 0.29) is 30.7 Å². The first-order chi connectivity index (χ1) is 22.9. The van der Waals surface area contributed by atoms with Crippen molar-refractivity contribution in [3.05, 3.63) is 128 Å².